The fraction of sp³-hybridized carbons (Fsp3) is 0.727. The predicted molar refractivity (Wildman–Crippen MR) is 99.5 cm³/mol. The first-order valence-corrected chi connectivity index (χ1v) is 8.65. The summed E-state index contributed by atoms with van der Waals surface area (Å²) in [7, 11) is 0. The lowest BCUT2D eigenvalue weighted by Gasteiger charge is -2.36. The summed E-state index contributed by atoms with van der Waals surface area (Å²) < 4.78 is 0. The van der Waals surface area contributed by atoms with E-state index in [0.29, 0.717) is 10.8 Å². The molecule has 0 atom stereocenters. The molecule has 0 aromatic heterocycles. The molecule has 22 heavy (non-hydrogen) atoms. The van der Waals surface area contributed by atoms with Crippen LogP contribution < -0.4 is 0 Å². The third-order valence-corrected chi connectivity index (χ3v) is 4.26. The Hall–Kier alpha value is -0.780. The first kappa shape index (κ1) is 19.3. The molecule has 1 aromatic carbocycles. The zero-order chi connectivity index (χ0) is 17.4. The number of hydrogen-bond donors (Lipinski definition) is 0. The van der Waals surface area contributed by atoms with Gasteiger partial charge >= 0.3 is 0 Å². The van der Waals surface area contributed by atoms with Crippen molar-refractivity contribution in [2.75, 3.05) is 0 Å². The summed E-state index contributed by atoms with van der Waals surface area (Å²) in [6.07, 6.45) is 2.35. The Kier molecular flexibility index (Phi) is 5.27. The molecule has 0 N–H and O–H groups in total. The average molecular weight is 302 g/mol. The van der Waals surface area contributed by atoms with E-state index in [1.807, 2.05) is 0 Å². The van der Waals surface area contributed by atoms with Crippen LogP contribution in [0, 0.1) is 16.9 Å². The lowest BCUT2D eigenvalue weighted by atomic mass is 9.69. The van der Waals surface area contributed by atoms with Crippen molar-refractivity contribution in [2.24, 2.45) is 10.8 Å². The summed E-state index contributed by atoms with van der Waals surface area (Å²) in [4.78, 5) is 0. The summed E-state index contributed by atoms with van der Waals surface area (Å²) in [6.45, 7) is 23.4. The molecule has 0 fully saturated rings. The van der Waals surface area contributed by atoms with Crippen molar-refractivity contribution in [3.05, 3.63) is 35.4 Å². The van der Waals surface area contributed by atoms with Crippen molar-refractivity contribution >= 4 is 0 Å². The van der Waals surface area contributed by atoms with Gasteiger partial charge in [0, 0.05) is 0 Å². The summed E-state index contributed by atoms with van der Waals surface area (Å²) in [5.41, 5.74) is 3.81. The van der Waals surface area contributed by atoms with Crippen molar-refractivity contribution in [3.63, 3.8) is 0 Å². The standard InChI is InChI=1S/C22H37/c1-19(2,3)15-21(7,8)17-12-11-13-18(14-17)22(9,10)16-20(4,5)6/h11-12,14H,15-16H2,1-10H3. The van der Waals surface area contributed by atoms with E-state index in [1.54, 1.807) is 0 Å². The fourth-order valence-electron chi connectivity index (χ4n) is 4.13. The first-order chi connectivity index (χ1) is 9.62. The van der Waals surface area contributed by atoms with Crippen LogP contribution in [0.2, 0.25) is 0 Å². The van der Waals surface area contributed by atoms with Crippen LogP contribution in [0.4, 0.5) is 0 Å². The zero-order valence-electron chi connectivity index (χ0n) is 16.6. The van der Waals surface area contributed by atoms with Crippen LogP contribution in [0.25, 0.3) is 0 Å². The topological polar surface area (TPSA) is 0 Å². The van der Waals surface area contributed by atoms with E-state index < -0.39 is 0 Å². The van der Waals surface area contributed by atoms with Crippen LogP contribution in [0.1, 0.15) is 93.2 Å². The van der Waals surface area contributed by atoms with Gasteiger partial charge in [-0.1, -0.05) is 87.4 Å². The molecular weight excluding hydrogens is 264 g/mol. The molecule has 1 radical (unpaired) electrons. The van der Waals surface area contributed by atoms with Crippen molar-refractivity contribution < 1.29 is 0 Å². The normalized spacial score (nSPS) is 14.3. The number of rotatable bonds is 4. The molecule has 1 rings (SSSR count). The maximum Gasteiger partial charge on any atom is -0.00923 e. The van der Waals surface area contributed by atoms with Crippen LogP contribution >= 0.6 is 0 Å². The molecule has 0 saturated carbocycles. The average Bonchev–Trinajstić information content (AvgIpc) is 2.22. The molecule has 0 spiro atoms. The molecule has 1 aromatic rings. The van der Waals surface area contributed by atoms with Gasteiger partial charge < -0.3 is 0 Å². The monoisotopic (exact) mass is 301 g/mol. The maximum absolute atomic E-state index is 3.51. The molecule has 0 heteroatoms. The number of hydrogen-bond acceptors (Lipinski definition) is 0. The molecule has 0 aliphatic heterocycles. The minimum absolute atomic E-state index is 0.159. The van der Waals surface area contributed by atoms with E-state index in [1.165, 1.54) is 24.0 Å². The Morgan fingerprint density at radius 2 is 1.18 bits per heavy atom. The third kappa shape index (κ3) is 5.78. The van der Waals surface area contributed by atoms with E-state index in [4.69, 9.17) is 0 Å². The molecule has 0 saturated heterocycles. The Morgan fingerprint density at radius 1 is 0.727 bits per heavy atom. The highest BCUT2D eigenvalue weighted by molar-refractivity contribution is 5.33. The predicted octanol–water partition coefficient (Wildman–Crippen LogP) is 6.91. The second-order valence-corrected chi connectivity index (χ2v) is 10.7. The first-order valence-electron chi connectivity index (χ1n) is 8.65. The lowest BCUT2D eigenvalue weighted by Crippen LogP contribution is -2.27. The second kappa shape index (κ2) is 6.02. The molecular formula is C22H37. The smallest absolute Gasteiger partial charge is 0.00923 e. The van der Waals surface area contributed by atoms with Crippen molar-refractivity contribution in [1.82, 2.24) is 0 Å². The van der Waals surface area contributed by atoms with E-state index in [0.717, 1.165) is 0 Å². The summed E-state index contributed by atoms with van der Waals surface area (Å²) >= 11 is 0. The van der Waals surface area contributed by atoms with Gasteiger partial charge in [0.15, 0.2) is 0 Å². The largest absolute Gasteiger partial charge is 0.0601 e. The fourth-order valence-corrected chi connectivity index (χ4v) is 4.13. The van der Waals surface area contributed by atoms with Crippen LogP contribution in [-0.4, -0.2) is 0 Å². The Morgan fingerprint density at radius 3 is 1.64 bits per heavy atom. The molecule has 0 bridgehead atoms. The Bertz CT molecular complexity index is 446. The van der Waals surface area contributed by atoms with E-state index in [-0.39, 0.29) is 10.8 Å². The lowest BCUT2D eigenvalue weighted by molar-refractivity contribution is 0.278. The van der Waals surface area contributed by atoms with Crippen molar-refractivity contribution in [3.8, 4) is 0 Å². The molecule has 0 aliphatic carbocycles. The van der Waals surface area contributed by atoms with E-state index in [9.17, 15) is 0 Å². The van der Waals surface area contributed by atoms with Gasteiger partial charge in [-0.2, -0.15) is 0 Å². The minimum Gasteiger partial charge on any atom is -0.0601 e. The highest BCUT2D eigenvalue weighted by Crippen LogP contribution is 2.40. The van der Waals surface area contributed by atoms with Crippen LogP contribution in [-0.2, 0) is 10.8 Å². The molecule has 0 aliphatic rings. The van der Waals surface area contributed by atoms with Gasteiger partial charge in [-0.3, -0.25) is 0 Å². The third-order valence-electron chi connectivity index (χ3n) is 4.26. The quantitative estimate of drug-likeness (QED) is 0.566. The van der Waals surface area contributed by atoms with Crippen molar-refractivity contribution in [2.45, 2.75) is 92.9 Å². The van der Waals surface area contributed by atoms with Crippen LogP contribution in [0.15, 0.2) is 18.2 Å². The van der Waals surface area contributed by atoms with Gasteiger partial charge in [0.25, 0.3) is 0 Å². The van der Waals surface area contributed by atoms with Crippen LogP contribution in [0.5, 0.6) is 0 Å². The summed E-state index contributed by atoms with van der Waals surface area (Å²) in [5, 5.41) is 0. The van der Waals surface area contributed by atoms with Gasteiger partial charge in [-0.05, 0) is 51.7 Å². The Labute approximate surface area is 139 Å². The Balaban J connectivity index is 3.14. The summed E-state index contributed by atoms with van der Waals surface area (Å²) in [6, 6.07) is 10.3. The van der Waals surface area contributed by atoms with Crippen molar-refractivity contribution in [1.29, 1.82) is 0 Å². The van der Waals surface area contributed by atoms with Gasteiger partial charge in [-0.15, -0.1) is 0 Å². The number of benzene rings is 1. The molecule has 0 nitrogen and oxygen atoms in total. The van der Waals surface area contributed by atoms with E-state index in [2.05, 4.69) is 93.5 Å². The molecule has 0 heterocycles. The maximum atomic E-state index is 3.51. The molecule has 0 amide bonds. The second-order valence-electron chi connectivity index (χ2n) is 10.7. The minimum atomic E-state index is 0.159. The van der Waals surface area contributed by atoms with E-state index >= 15 is 0 Å². The highest BCUT2D eigenvalue weighted by atomic mass is 14.4. The van der Waals surface area contributed by atoms with Gasteiger partial charge in [0.1, 0.15) is 0 Å². The zero-order valence-corrected chi connectivity index (χ0v) is 16.6. The highest BCUT2D eigenvalue weighted by Gasteiger charge is 2.31. The molecule has 125 valence electrons. The van der Waals surface area contributed by atoms with Gasteiger partial charge in [-0.25, -0.2) is 0 Å². The SMILES string of the molecule is CC(C)(C)CC(C)(C)c1[c]ccc(C(C)(C)CC(C)(C)C)c1. The van der Waals surface area contributed by atoms with Gasteiger partial charge in [0.05, 0.1) is 0 Å². The van der Waals surface area contributed by atoms with Crippen LogP contribution in [0.3, 0.4) is 0 Å². The van der Waals surface area contributed by atoms with Gasteiger partial charge in [0.2, 0.25) is 0 Å². The molecule has 0 unspecified atom stereocenters. The summed E-state index contributed by atoms with van der Waals surface area (Å²) in [5.74, 6) is 0.